The van der Waals surface area contributed by atoms with E-state index in [1.54, 1.807) is 0 Å². The van der Waals surface area contributed by atoms with Gasteiger partial charge in [-0.2, -0.15) is 0 Å². The van der Waals surface area contributed by atoms with E-state index < -0.39 is 0 Å². The molecule has 1 aliphatic heterocycles. The van der Waals surface area contributed by atoms with Crippen LogP contribution in [0.15, 0.2) is 72.8 Å². The summed E-state index contributed by atoms with van der Waals surface area (Å²) in [5.41, 5.74) is 6.33. The van der Waals surface area contributed by atoms with Crippen LogP contribution in [0.4, 0.5) is 0 Å². The van der Waals surface area contributed by atoms with Gasteiger partial charge in [0.25, 0.3) is 5.91 Å². The van der Waals surface area contributed by atoms with Crippen LogP contribution in [0.25, 0.3) is 11.1 Å². The fourth-order valence-corrected chi connectivity index (χ4v) is 5.74. The first-order valence-corrected chi connectivity index (χ1v) is 13.0. The number of likely N-dealkylation sites (tertiary alicyclic amines) is 1. The third-order valence-corrected chi connectivity index (χ3v) is 7.53. The van der Waals surface area contributed by atoms with Gasteiger partial charge >= 0.3 is 0 Å². The van der Waals surface area contributed by atoms with E-state index in [-0.39, 0.29) is 5.91 Å². The van der Waals surface area contributed by atoms with Crippen LogP contribution in [0, 0.1) is 5.92 Å². The van der Waals surface area contributed by atoms with Crippen molar-refractivity contribution >= 4 is 5.91 Å². The molecular formula is C31H35NO2. The van der Waals surface area contributed by atoms with Crippen LogP contribution < -0.4 is 4.74 Å². The number of fused-ring (bicyclic) bond motifs is 3. The average Bonchev–Trinajstić information content (AvgIpc) is 3.22. The molecule has 1 heterocycles. The summed E-state index contributed by atoms with van der Waals surface area (Å²) in [5, 5.41) is 0. The van der Waals surface area contributed by atoms with E-state index >= 15 is 0 Å². The smallest absolute Gasteiger partial charge is 0.253 e. The first-order chi connectivity index (χ1) is 16.8. The van der Waals surface area contributed by atoms with Crippen molar-refractivity contribution < 1.29 is 9.53 Å². The van der Waals surface area contributed by atoms with E-state index in [0.29, 0.717) is 11.8 Å². The van der Waals surface area contributed by atoms with Crippen LogP contribution >= 0.6 is 0 Å². The van der Waals surface area contributed by atoms with Gasteiger partial charge in [-0.15, -0.1) is 0 Å². The molecule has 1 atom stereocenters. The van der Waals surface area contributed by atoms with E-state index in [2.05, 4.69) is 49.4 Å². The number of rotatable bonds is 8. The van der Waals surface area contributed by atoms with Crippen molar-refractivity contribution in [3.63, 3.8) is 0 Å². The van der Waals surface area contributed by atoms with Gasteiger partial charge in [0.2, 0.25) is 0 Å². The number of unbranched alkanes of at least 4 members (excludes halogenated alkanes) is 3. The minimum atomic E-state index is 0.159. The number of benzene rings is 3. The summed E-state index contributed by atoms with van der Waals surface area (Å²) >= 11 is 0. The highest BCUT2D eigenvalue weighted by Gasteiger charge is 2.36. The molecule has 34 heavy (non-hydrogen) atoms. The largest absolute Gasteiger partial charge is 0.494 e. The molecule has 0 bridgehead atoms. The minimum Gasteiger partial charge on any atom is -0.494 e. The van der Waals surface area contributed by atoms with Gasteiger partial charge in [-0.25, -0.2) is 0 Å². The third kappa shape index (κ3) is 4.61. The Morgan fingerprint density at radius 3 is 2.38 bits per heavy atom. The molecule has 3 aromatic rings. The predicted octanol–water partition coefficient (Wildman–Crippen LogP) is 7.31. The van der Waals surface area contributed by atoms with Crippen LogP contribution in [0.2, 0.25) is 0 Å². The minimum absolute atomic E-state index is 0.159. The standard InChI is InChI=1S/C31H35NO2/c1-2-3-4-10-21-34-25-15-16-28-29(22-25)26-13-8-9-14-27(26)30(28)23-17-19-32(20-18-23)31(33)24-11-6-5-7-12-24/h5-9,11-16,22-23,30H,2-4,10,17-21H2,1H3. The number of nitrogens with zero attached hydrogens (tertiary/aromatic N) is 1. The quantitative estimate of drug-likeness (QED) is 0.335. The maximum absolute atomic E-state index is 12.9. The maximum Gasteiger partial charge on any atom is 0.253 e. The Hall–Kier alpha value is -3.07. The van der Waals surface area contributed by atoms with Crippen molar-refractivity contribution in [2.45, 2.75) is 51.4 Å². The molecule has 0 radical (unpaired) electrons. The number of ether oxygens (including phenoxy) is 1. The van der Waals surface area contributed by atoms with Crippen LogP contribution in [-0.2, 0) is 0 Å². The zero-order chi connectivity index (χ0) is 23.3. The van der Waals surface area contributed by atoms with Crippen molar-refractivity contribution in [2.75, 3.05) is 19.7 Å². The molecule has 0 spiro atoms. The summed E-state index contributed by atoms with van der Waals surface area (Å²) < 4.78 is 6.11. The molecule has 1 fully saturated rings. The second-order valence-corrected chi connectivity index (χ2v) is 9.72. The molecule has 176 valence electrons. The molecule has 5 rings (SSSR count). The van der Waals surface area contributed by atoms with Gasteiger partial charge < -0.3 is 9.64 Å². The monoisotopic (exact) mass is 453 g/mol. The van der Waals surface area contributed by atoms with Crippen molar-refractivity contribution in [3.8, 4) is 16.9 Å². The van der Waals surface area contributed by atoms with Gasteiger partial charge in [-0.1, -0.05) is 74.7 Å². The zero-order valence-electron chi connectivity index (χ0n) is 20.2. The van der Waals surface area contributed by atoms with E-state index in [1.165, 1.54) is 41.5 Å². The molecule has 3 nitrogen and oxygen atoms in total. The molecule has 1 saturated heterocycles. The van der Waals surface area contributed by atoms with Crippen molar-refractivity contribution in [1.29, 1.82) is 0 Å². The second-order valence-electron chi connectivity index (χ2n) is 9.72. The molecule has 2 aliphatic rings. The Balaban J connectivity index is 1.30. The van der Waals surface area contributed by atoms with E-state index in [1.807, 2.05) is 35.2 Å². The number of hydrogen-bond donors (Lipinski definition) is 0. The van der Waals surface area contributed by atoms with Gasteiger partial charge in [0, 0.05) is 24.6 Å². The Morgan fingerprint density at radius 1 is 0.853 bits per heavy atom. The highest BCUT2D eigenvalue weighted by molar-refractivity contribution is 5.94. The first kappa shape index (κ1) is 22.7. The van der Waals surface area contributed by atoms with Gasteiger partial charge in [0.15, 0.2) is 0 Å². The molecule has 3 heteroatoms. The molecule has 1 amide bonds. The Bertz CT molecular complexity index is 1120. The lowest BCUT2D eigenvalue weighted by molar-refractivity contribution is 0.0684. The van der Waals surface area contributed by atoms with Gasteiger partial charge in [0.1, 0.15) is 5.75 Å². The molecule has 0 aromatic heterocycles. The van der Waals surface area contributed by atoms with E-state index in [0.717, 1.165) is 50.3 Å². The van der Waals surface area contributed by atoms with Gasteiger partial charge in [-0.3, -0.25) is 4.79 Å². The SMILES string of the molecule is CCCCCCOc1ccc2c(c1)-c1ccccc1C2C1CCN(C(=O)c2ccccc2)CC1. The fourth-order valence-electron chi connectivity index (χ4n) is 5.74. The number of amides is 1. The first-order valence-electron chi connectivity index (χ1n) is 13.0. The predicted molar refractivity (Wildman–Crippen MR) is 138 cm³/mol. The lowest BCUT2D eigenvalue weighted by Crippen LogP contribution is -2.39. The summed E-state index contributed by atoms with van der Waals surface area (Å²) in [6, 6.07) is 25.2. The number of carbonyl (C=O) groups is 1. The molecular weight excluding hydrogens is 418 g/mol. The summed E-state index contributed by atoms with van der Waals surface area (Å²) in [7, 11) is 0. The second kappa shape index (κ2) is 10.5. The Labute approximate surface area is 203 Å². The molecule has 0 saturated carbocycles. The summed E-state index contributed by atoms with van der Waals surface area (Å²) in [6.45, 7) is 4.68. The lowest BCUT2D eigenvalue weighted by Gasteiger charge is -2.35. The lowest BCUT2D eigenvalue weighted by atomic mass is 9.78. The number of hydrogen-bond acceptors (Lipinski definition) is 2. The van der Waals surface area contributed by atoms with Gasteiger partial charge in [-0.05, 0) is 71.7 Å². The van der Waals surface area contributed by atoms with Crippen LogP contribution in [-0.4, -0.2) is 30.5 Å². The van der Waals surface area contributed by atoms with Crippen LogP contribution in [0.5, 0.6) is 5.75 Å². The van der Waals surface area contributed by atoms with Crippen molar-refractivity contribution in [1.82, 2.24) is 4.90 Å². The highest BCUT2D eigenvalue weighted by atomic mass is 16.5. The summed E-state index contributed by atoms with van der Waals surface area (Å²) in [4.78, 5) is 14.9. The Kier molecular flexibility index (Phi) is 6.99. The van der Waals surface area contributed by atoms with Crippen LogP contribution in [0.1, 0.15) is 72.9 Å². The number of piperidine rings is 1. The topological polar surface area (TPSA) is 29.5 Å². The highest BCUT2D eigenvalue weighted by Crippen LogP contribution is 2.51. The van der Waals surface area contributed by atoms with E-state index in [4.69, 9.17) is 4.74 Å². The fraction of sp³-hybridized carbons (Fsp3) is 0.387. The Morgan fingerprint density at radius 2 is 1.59 bits per heavy atom. The van der Waals surface area contributed by atoms with Crippen LogP contribution in [0.3, 0.4) is 0 Å². The normalized spacial score (nSPS) is 17.3. The summed E-state index contributed by atoms with van der Waals surface area (Å²) in [5.74, 6) is 2.09. The summed E-state index contributed by atoms with van der Waals surface area (Å²) in [6.07, 6.45) is 6.94. The average molecular weight is 454 g/mol. The van der Waals surface area contributed by atoms with E-state index in [9.17, 15) is 4.79 Å². The third-order valence-electron chi connectivity index (χ3n) is 7.53. The van der Waals surface area contributed by atoms with Gasteiger partial charge in [0.05, 0.1) is 6.61 Å². The molecule has 3 aromatic carbocycles. The number of carbonyl (C=O) groups excluding carboxylic acids is 1. The maximum atomic E-state index is 12.9. The van der Waals surface area contributed by atoms with Crippen molar-refractivity contribution in [3.05, 3.63) is 89.5 Å². The zero-order valence-corrected chi connectivity index (χ0v) is 20.2. The molecule has 0 N–H and O–H groups in total. The van der Waals surface area contributed by atoms with Crippen molar-refractivity contribution in [2.24, 2.45) is 5.92 Å². The molecule has 1 unspecified atom stereocenters. The molecule has 1 aliphatic carbocycles.